The summed E-state index contributed by atoms with van der Waals surface area (Å²) < 4.78 is 5.03. The van der Waals surface area contributed by atoms with Gasteiger partial charge in [0.1, 0.15) is 5.00 Å². The molecule has 0 saturated carbocycles. The molecule has 0 unspecified atom stereocenters. The summed E-state index contributed by atoms with van der Waals surface area (Å²) in [6.07, 6.45) is 0.786. The number of thiocarbonyl (C=S) groups is 1. The average Bonchev–Trinajstić information content (AvgIpc) is 3.13. The second-order valence-electron chi connectivity index (χ2n) is 8.02. The van der Waals surface area contributed by atoms with Gasteiger partial charge in [0.25, 0.3) is 0 Å². The van der Waals surface area contributed by atoms with E-state index in [1.807, 2.05) is 6.92 Å². The van der Waals surface area contributed by atoms with Crippen molar-refractivity contribution >= 4 is 50.4 Å². The zero-order valence-electron chi connectivity index (χ0n) is 18.8. The summed E-state index contributed by atoms with van der Waals surface area (Å²) in [5.41, 5.74) is 3.02. The quantitative estimate of drug-likeness (QED) is 0.417. The molecule has 1 aromatic heterocycles. The number of nitrogens with zero attached hydrogens (tertiary/aromatic N) is 2. The fraction of sp³-hybridized carbons (Fsp3) is 0.360. The molecule has 168 valence electrons. The third kappa shape index (κ3) is 4.65. The molecule has 7 heteroatoms. The molecule has 4 rings (SSSR count). The highest BCUT2D eigenvalue weighted by atomic mass is 32.1. The largest absolute Gasteiger partial charge is 0.465 e. The molecule has 32 heavy (non-hydrogen) atoms. The Balaban J connectivity index is 1.40. The van der Waals surface area contributed by atoms with Gasteiger partial charge in [0, 0.05) is 37.6 Å². The highest BCUT2D eigenvalue weighted by Crippen LogP contribution is 2.34. The number of aryl methyl sites for hydroxylation is 1. The summed E-state index contributed by atoms with van der Waals surface area (Å²) in [5, 5.41) is 7.40. The lowest BCUT2D eigenvalue weighted by Gasteiger charge is -2.36. The van der Waals surface area contributed by atoms with Gasteiger partial charge in [-0.25, -0.2) is 4.79 Å². The summed E-state index contributed by atoms with van der Waals surface area (Å²) in [5.74, 6) is -0.309. The summed E-state index contributed by atoms with van der Waals surface area (Å²) in [6, 6.07) is 15.1. The first-order valence-electron chi connectivity index (χ1n) is 11.0. The van der Waals surface area contributed by atoms with Crippen LogP contribution in [-0.4, -0.2) is 54.2 Å². The first-order valence-corrected chi connectivity index (χ1v) is 12.2. The first kappa shape index (κ1) is 22.7. The molecule has 3 aromatic rings. The summed E-state index contributed by atoms with van der Waals surface area (Å²) in [4.78, 5) is 18.2. The van der Waals surface area contributed by atoms with Crippen molar-refractivity contribution in [2.75, 3.05) is 38.6 Å². The van der Waals surface area contributed by atoms with Crippen LogP contribution in [0.5, 0.6) is 0 Å². The molecule has 1 saturated heterocycles. The molecule has 2 heterocycles. The Morgan fingerprint density at radius 2 is 1.84 bits per heavy atom. The number of anilines is 1. The van der Waals surface area contributed by atoms with Crippen molar-refractivity contribution in [1.82, 2.24) is 9.80 Å². The van der Waals surface area contributed by atoms with Gasteiger partial charge in [-0.15, -0.1) is 11.3 Å². The maximum Gasteiger partial charge on any atom is 0.341 e. The first-order chi connectivity index (χ1) is 15.5. The monoisotopic (exact) mass is 467 g/mol. The summed E-state index contributed by atoms with van der Waals surface area (Å²) in [7, 11) is 1.42. The molecule has 5 nitrogen and oxygen atoms in total. The number of carbonyl (C=O) groups is 1. The van der Waals surface area contributed by atoms with E-state index in [2.05, 4.69) is 64.5 Å². The molecular weight excluding hydrogens is 438 g/mol. The maximum absolute atomic E-state index is 12.4. The number of carbonyl (C=O) groups excluding carboxylic acids is 1. The van der Waals surface area contributed by atoms with Gasteiger partial charge in [0.2, 0.25) is 0 Å². The van der Waals surface area contributed by atoms with Crippen molar-refractivity contribution in [3.63, 3.8) is 0 Å². The number of rotatable bonds is 5. The number of nitrogens with one attached hydrogen (secondary N) is 1. The van der Waals surface area contributed by atoms with Crippen LogP contribution in [-0.2, 0) is 17.7 Å². The van der Waals surface area contributed by atoms with E-state index in [-0.39, 0.29) is 5.97 Å². The molecule has 0 amide bonds. The highest BCUT2D eigenvalue weighted by Gasteiger charge is 2.25. The van der Waals surface area contributed by atoms with Gasteiger partial charge >= 0.3 is 5.97 Å². The van der Waals surface area contributed by atoms with Gasteiger partial charge in [0.05, 0.1) is 12.7 Å². The van der Waals surface area contributed by atoms with Crippen LogP contribution in [0.3, 0.4) is 0 Å². The molecule has 1 aliphatic rings. The van der Waals surface area contributed by atoms with Crippen LogP contribution in [0.25, 0.3) is 10.8 Å². The molecule has 0 spiro atoms. The van der Waals surface area contributed by atoms with Gasteiger partial charge in [-0.2, -0.15) is 0 Å². The van der Waals surface area contributed by atoms with E-state index < -0.39 is 0 Å². The van der Waals surface area contributed by atoms with E-state index in [0.29, 0.717) is 10.7 Å². The number of benzene rings is 2. The van der Waals surface area contributed by atoms with Gasteiger partial charge in [-0.05, 0) is 47.5 Å². The number of esters is 1. The Labute approximate surface area is 199 Å². The molecular formula is C25H29N3O2S2. The van der Waals surface area contributed by atoms with E-state index in [4.69, 9.17) is 17.0 Å². The Kier molecular flexibility index (Phi) is 7.08. The Bertz CT molecular complexity index is 1130. The molecule has 2 aromatic carbocycles. The van der Waals surface area contributed by atoms with E-state index in [0.717, 1.165) is 54.6 Å². The van der Waals surface area contributed by atoms with E-state index >= 15 is 0 Å². The van der Waals surface area contributed by atoms with Gasteiger partial charge in [-0.1, -0.05) is 49.4 Å². The van der Waals surface area contributed by atoms with Crippen molar-refractivity contribution in [1.29, 1.82) is 0 Å². The zero-order chi connectivity index (χ0) is 22.7. The number of thiophene rings is 1. The number of ether oxygens (including phenoxy) is 1. The van der Waals surface area contributed by atoms with Crippen LogP contribution in [0.2, 0.25) is 0 Å². The van der Waals surface area contributed by atoms with Gasteiger partial charge in [-0.3, -0.25) is 4.90 Å². The molecule has 1 fully saturated rings. The minimum Gasteiger partial charge on any atom is -0.465 e. The van der Waals surface area contributed by atoms with Crippen molar-refractivity contribution in [2.24, 2.45) is 0 Å². The van der Waals surface area contributed by atoms with Crippen LogP contribution >= 0.6 is 23.6 Å². The SMILES string of the molecule is CCc1c(C)sc(NC(=S)N2CCN(Cc3cccc4ccccc34)CC2)c1C(=O)OC. The smallest absolute Gasteiger partial charge is 0.341 e. The number of methoxy groups -OCH3 is 1. The average molecular weight is 468 g/mol. The van der Waals surface area contributed by atoms with Crippen LogP contribution in [0, 0.1) is 6.92 Å². The van der Waals surface area contributed by atoms with Gasteiger partial charge < -0.3 is 15.0 Å². The van der Waals surface area contributed by atoms with E-state index in [1.54, 1.807) is 11.3 Å². The number of hydrogen-bond donors (Lipinski definition) is 1. The second kappa shape index (κ2) is 9.98. The molecule has 0 atom stereocenters. The van der Waals surface area contributed by atoms with Crippen LogP contribution in [0.1, 0.15) is 33.3 Å². The van der Waals surface area contributed by atoms with E-state index in [1.165, 1.54) is 23.4 Å². The molecule has 1 N–H and O–H groups in total. The normalized spacial score (nSPS) is 14.5. The standard InChI is InChI=1S/C25H29N3O2S2/c1-4-20-17(2)32-23(22(20)24(29)30-3)26-25(31)28-14-12-27(13-15-28)16-19-10-7-9-18-8-5-6-11-21(18)19/h5-11H,4,12-16H2,1-3H3,(H,26,31). The van der Waals surface area contributed by atoms with Crippen LogP contribution in [0.4, 0.5) is 5.00 Å². The lowest BCUT2D eigenvalue weighted by Crippen LogP contribution is -2.49. The predicted molar refractivity (Wildman–Crippen MR) is 137 cm³/mol. The number of hydrogen-bond acceptors (Lipinski definition) is 5. The zero-order valence-corrected chi connectivity index (χ0v) is 20.4. The third-order valence-corrected chi connectivity index (χ3v) is 7.53. The molecule has 0 radical (unpaired) electrons. The van der Waals surface area contributed by atoms with Crippen LogP contribution in [0.15, 0.2) is 42.5 Å². The Hall–Kier alpha value is -2.48. The minimum absolute atomic E-state index is 0.309. The molecule has 0 aliphatic carbocycles. The minimum atomic E-state index is -0.309. The number of fused-ring (bicyclic) bond motifs is 1. The second-order valence-corrected chi connectivity index (χ2v) is 9.63. The summed E-state index contributed by atoms with van der Waals surface area (Å²) in [6.45, 7) is 8.63. The van der Waals surface area contributed by atoms with Crippen molar-refractivity contribution < 1.29 is 9.53 Å². The highest BCUT2D eigenvalue weighted by molar-refractivity contribution is 7.80. The molecule has 1 aliphatic heterocycles. The lowest BCUT2D eigenvalue weighted by molar-refractivity contribution is 0.0601. The van der Waals surface area contributed by atoms with Crippen LogP contribution < -0.4 is 5.32 Å². The fourth-order valence-corrected chi connectivity index (χ4v) is 5.85. The van der Waals surface area contributed by atoms with Crippen molar-refractivity contribution in [2.45, 2.75) is 26.8 Å². The van der Waals surface area contributed by atoms with Crippen molar-refractivity contribution in [3.8, 4) is 0 Å². The molecule has 0 bridgehead atoms. The lowest BCUT2D eigenvalue weighted by atomic mass is 10.0. The predicted octanol–water partition coefficient (Wildman–Crippen LogP) is 5.07. The Morgan fingerprint density at radius 1 is 1.12 bits per heavy atom. The topological polar surface area (TPSA) is 44.8 Å². The summed E-state index contributed by atoms with van der Waals surface area (Å²) >= 11 is 7.28. The fourth-order valence-electron chi connectivity index (χ4n) is 4.37. The number of piperazine rings is 1. The maximum atomic E-state index is 12.4. The van der Waals surface area contributed by atoms with E-state index in [9.17, 15) is 4.79 Å². The Morgan fingerprint density at radius 3 is 2.56 bits per heavy atom. The van der Waals surface area contributed by atoms with Crippen molar-refractivity contribution in [3.05, 3.63) is 64.0 Å². The van der Waals surface area contributed by atoms with Gasteiger partial charge in [0.15, 0.2) is 5.11 Å². The third-order valence-electron chi connectivity index (χ3n) is 6.11.